The van der Waals surface area contributed by atoms with Gasteiger partial charge in [0.05, 0.1) is 18.6 Å². The van der Waals surface area contributed by atoms with Gasteiger partial charge >= 0.3 is 5.97 Å². The molecule has 0 aliphatic rings. The Bertz CT molecular complexity index is 418. The second-order valence-electron chi connectivity index (χ2n) is 3.88. The third-order valence-corrected chi connectivity index (χ3v) is 3.11. The number of esters is 1. The lowest BCUT2D eigenvalue weighted by Crippen LogP contribution is -2.26. The van der Waals surface area contributed by atoms with E-state index in [1.807, 2.05) is 0 Å². The Labute approximate surface area is 114 Å². The Balaban J connectivity index is 2.92. The van der Waals surface area contributed by atoms with Gasteiger partial charge in [-0.15, -0.1) is 0 Å². The van der Waals surface area contributed by atoms with Gasteiger partial charge in [0.25, 0.3) is 0 Å². The molecular formula is C12H14BrClO3. The Morgan fingerprint density at radius 1 is 1.59 bits per heavy atom. The van der Waals surface area contributed by atoms with Gasteiger partial charge in [0.1, 0.15) is 0 Å². The fourth-order valence-electron chi connectivity index (χ4n) is 1.51. The van der Waals surface area contributed by atoms with Gasteiger partial charge in [0.15, 0.2) is 0 Å². The molecule has 1 rings (SSSR count). The summed E-state index contributed by atoms with van der Waals surface area (Å²) in [5.41, 5.74) is -0.820. The average Bonchev–Trinajstić information content (AvgIpc) is 2.15. The smallest absolute Gasteiger partial charge is 0.309 e. The number of hydrogen-bond acceptors (Lipinski definition) is 3. The molecular weight excluding hydrogens is 307 g/mol. The van der Waals surface area contributed by atoms with Crippen molar-refractivity contribution in [1.82, 2.24) is 0 Å². The predicted octanol–water partition coefficient (Wildman–Crippen LogP) is 3.26. The van der Waals surface area contributed by atoms with Crippen LogP contribution in [0.5, 0.6) is 0 Å². The molecule has 5 heteroatoms. The molecule has 0 aliphatic carbocycles. The fourth-order valence-corrected chi connectivity index (χ4v) is 2.39. The van der Waals surface area contributed by atoms with Gasteiger partial charge in [-0.25, -0.2) is 0 Å². The largest absolute Gasteiger partial charge is 0.466 e. The van der Waals surface area contributed by atoms with E-state index in [0.29, 0.717) is 17.2 Å². The minimum Gasteiger partial charge on any atom is -0.466 e. The standard InChI is InChI=1S/C12H14BrClO3/c1-3-17-11(15)7-12(2,16)9-5-4-8(13)6-10(9)14/h4-6,16H,3,7H2,1-2H3. The lowest BCUT2D eigenvalue weighted by molar-refractivity contribution is -0.148. The fraction of sp³-hybridized carbons (Fsp3) is 0.417. The highest BCUT2D eigenvalue weighted by molar-refractivity contribution is 9.10. The van der Waals surface area contributed by atoms with Crippen LogP contribution in [0.25, 0.3) is 0 Å². The third kappa shape index (κ3) is 3.98. The normalized spacial score (nSPS) is 14.2. The molecule has 0 amide bonds. The van der Waals surface area contributed by atoms with E-state index in [1.165, 1.54) is 0 Å². The SMILES string of the molecule is CCOC(=O)CC(C)(O)c1ccc(Br)cc1Cl. The zero-order chi connectivity index (χ0) is 13.1. The lowest BCUT2D eigenvalue weighted by atomic mass is 9.92. The Kier molecular flexibility index (Phi) is 4.98. The first kappa shape index (κ1) is 14.5. The van der Waals surface area contributed by atoms with Crippen LogP contribution in [-0.4, -0.2) is 17.7 Å². The van der Waals surface area contributed by atoms with Gasteiger partial charge < -0.3 is 9.84 Å². The maximum absolute atomic E-state index is 11.4. The molecule has 0 bridgehead atoms. The van der Waals surface area contributed by atoms with Gasteiger partial charge in [-0.3, -0.25) is 4.79 Å². The molecule has 1 N–H and O–H groups in total. The van der Waals surface area contributed by atoms with Crippen LogP contribution in [0.2, 0.25) is 5.02 Å². The topological polar surface area (TPSA) is 46.5 Å². The van der Waals surface area contributed by atoms with Crippen molar-refractivity contribution in [3.63, 3.8) is 0 Å². The molecule has 0 heterocycles. The molecule has 1 aromatic rings. The highest BCUT2D eigenvalue weighted by atomic mass is 79.9. The number of halogens is 2. The zero-order valence-corrected chi connectivity index (χ0v) is 12.0. The highest BCUT2D eigenvalue weighted by Gasteiger charge is 2.29. The average molecular weight is 322 g/mol. The molecule has 3 nitrogen and oxygen atoms in total. The second kappa shape index (κ2) is 5.85. The summed E-state index contributed by atoms with van der Waals surface area (Å²) in [6.45, 7) is 3.56. The van der Waals surface area contributed by atoms with Crippen molar-refractivity contribution >= 4 is 33.5 Å². The molecule has 0 aliphatic heterocycles. The van der Waals surface area contributed by atoms with E-state index in [2.05, 4.69) is 15.9 Å². The van der Waals surface area contributed by atoms with E-state index in [1.54, 1.807) is 32.0 Å². The summed E-state index contributed by atoms with van der Waals surface area (Å²) in [6.07, 6.45) is -0.123. The highest BCUT2D eigenvalue weighted by Crippen LogP contribution is 2.32. The molecule has 0 radical (unpaired) electrons. The van der Waals surface area contributed by atoms with E-state index in [4.69, 9.17) is 16.3 Å². The van der Waals surface area contributed by atoms with Crippen LogP contribution in [0, 0.1) is 0 Å². The van der Waals surface area contributed by atoms with Crippen LogP contribution in [0.15, 0.2) is 22.7 Å². The van der Waals surface area contributed by atoms with Crippen LogP contribution in [0.4, 0.5) is 0 Å². The van der Waals surface area contributed by atoms with Gasteiger partial charge in [-0.1, -0.05) is 33.6 Å². The van der Waals surface area contributed by atoms with Gasteiger partial charge in [-0.2, -0.15) is 0 Å². The zero-order valence-electron chi connectivity index (χ0n) is 9.67. The Morgan fingerprint density at radius 3 is 2.76 bits per heavy atom. The van der Waals surface area contributed by atoms with Crippen molar-refractivity contribution in [3.05, 3.63) is 33.3 Å². The number of carbonyl (C=O) groups is 1. The first-order chi connectivity index (χ1) is 7.86. The summed E-state index contributed by atoms with van der Waals surface area (Å²) in [5.74, 6) is -0.448. The number of benzene rings is 1. The Morgan fingerprint density at radius 2 is 2.24 bits per heavy atom. The molecule has 0 spiro atoms. The Hall–Kier alpha value is -0.580. The summed E-state index contributed by atoms with van der Waals surface area (Å²) in [7, 11) is 0. The molecule has 0 saturated carbocycles. The molecule has 94 valence electrons. The van der Waals surface area contributed by atoms with Gasteiger partial charge in [-0.05, 0) is 26.0 Å². The predicted molar refractivity (Wildman–Crippen MR) is 70.0 cm³/mol. The molecule has 0 saturated heterocycles. The molecule has 0 fully saturated rings. The van der Waals surface area contributed by atoms with E-state index in [9.17, 15) is 9.90 Å². The summed E-state index contributed by atoms with van der Waals surface area (Å²) >= 11 is 9.31. The minimum atomic E-state index is -1.33. The molecule has 0 aromatic heterocycles. The summed E-state index contributed by atoms with van der Waals surface area (Å²) in [5, 5.41) is 10.7. The molecule has 17 heavy (non-hydrogen) atoms. The van der Waals surface area contributed by atoms with Crippen LogP contribution in [0.3, 0.4) is 0 Å². The van der Waals surface area contributed by atoms with Gasteiger partial charge in [0.2, 0.25) is 0 Å². The summed E-state index contributed by atoms with van der Waals surface area (Å²) in [4.78, 5) is 11.4. The lowest BCUT2D eigenvalue weighted by Gasteiger charge is -2.23. The molecule has 1 aromatic carbocycles. The number of carbonyl (C=O) groups excluding carboxylic acids is 1. The number of hydrogen-bond donors (Lipinski definition) is 1. The molecule has 1 atom stereocenters. The monoisotopic (exact) mass is 320 g/mol. The van der Waals surface area contributed by atoms with Crippen LogP contribution in [-0.2, 0) is 15.1 Å². The maximum atomic E-state index is 11.4. The third-order valence-electron chi connectivity index (χ3n) is 2.31. The summed E-state index contributed by atoms with van der Waals surface area (Å²) < 4.78 is 5.63. The maximum Gasteiger partial charge on any atom is 0.309 e. The quantitative estimate of drug-likeness (QED) is 0.866. The van der Waals surface area contributed by atoms with E-state index < -0.39 is 11.6 Å². The van der Waals surface area contributed by atoms with Crippen molar-refractivity contribution in [2.24, 2.45) is 0 Å². The minimum absolute atomic E-state index is 0.123. The van der Waals surface area contributed by atoms with Crippen molar-refractivity contribution in [1.29, 1.82) is 0 Å². The first-order valence-corrected chi connectivity index (χ1v) is 6.37. The van der Waals surface area contributed by atoms with Crippen molar-refractivity contribution in [2.45, 2.75) is 25.9 Å². The summed E-state index contributed by atoms with van der Waals surface area (Å²) in [6, 6.07) is 5.13. The molecule has 1 unspecified atom stereocenters. The van der Waals surface area contributed by atoms with Crippen molar-refractivity contribution in [2.75, 3.05) is 6.61 Å². The second-order valence-corrected chi connectivity index (χ2v) is 5.20. The van der Waals surface area contributed by atoms with Crippen molar-refractivity contribution < 1.29 is 14.6 Å². The number of ether oxygens (including phenoxy) is 1. The van der Waals surface area contributed by atoms with E-state index >= 15 is 0 Å². The number of aliphatic hydroxyl groups is 1. The van der Waals surface area contributed by atoms with Crippen molar-refractivity contribution in [3.8, 4) is 0 Å². The van der Waals surface area contributed by atoms with E-state index in [-0.39, 0.29) is 6.42 Å². The van der Waals surface area contributed by atoms with Crippen LogP contribution >= 0.6 is 27.5 Å². The number of rotatable bonds is 4. The first-order valence-electron chi connectivity index (χ1n) is 5.20. The van der Waals surface area contributed by atoms with Crippen LogP contribution < -0.4 is 0 Å². The van der Waals surface area contributed by atoms with Gasteiger partial charge in [0, 0.05) is 15.1 Å². The van der Waals surface area contributed by atoms with Crippen LogP contribution in [0.1, 0.15) is 25.8 Å². The van der Waals surface area contributed by atoms with E-state index in [0.717, 1.165) is 4.47 Å².